The molecule has 0 unspecified atom stereocenters. The minimum Gasteiger partial charge on any atom is -0.461 e. The molecular weight excluding hydrogens is 376 g/mol. The van der Waals surface area contributed by atoms with Crippen LogP contribution in [-0.4, -0.2) is 32.1 Å². The van der Waals surface area contributed by atoms with Crippen molar-refractivity contribution in [1.82, 2.24) is 19.6 Å². The molecule has 0 aliphatic heterocycles. The number of hydrogen-bond donors (Lipinski definition) is 0. The highest BCUT2D eigenvalue weighted by atomic mass is 35.5. The maximum atomic E-state index is 12.2. The first kappa shape index (κ1) is 18.3. The van der Waals surface area contributed by atoms with E-state index in [9.17, 15) is 4.79 Å². The zero-order chi connectivity index (χ0) is 19.7. The third-order valence-corrected chi connectivity index (χ3v) is 4.95. The van der Waals surface area contributed by atoms with Gasteiger partial charge in [0.2, 0.25) is 0 Å². The predicted molar refractivity (Wildman–Crippen MR) is 108 cm³/mol. The van der Waals surface area contributed by atoms with Crippen LogP contribution in [0.25, 0.3) is 22.2 Å². The highest BCUT2D eigenvalue weighted by molar-refractivity contribution is 6.31. The molecule has 0 amide bonds. The van der Waals surface area contributed by atoms with Crippen LogP contribution in [0.15, 0.2) is 54.7 Å². The summed E-state index contributed by atoms with van der Waals surface area (Å²) in [5, 5.41) is 10.5. The molecule has 4 rings (SSSR count). The van der Waals surface area contributed by atoms with Gasteiger partial charge in [-0.1, -0.05) is 35.9 Å². The van der Waals surface area contributed by atoms with E-state index in [1.165, 1.54) is 0 Å². The second kappa shape index (κ2) is 7.48. The molecule has 28 heavy (non-hydrogen) atoms. The molecule has 0 atom stereocenters. The topological polar surface area (TPSA) is 61.9 Å². The zero-order valence-electron chi connectivity index (χ0n) is 15.6. The molecular formula is C21H19ClN4O2. The summed E-state index contributed by atoms with van der Waals surface area (Å²) in [5.41, 5.74) is 3.98. The molecule has 0 saturated carbocycles. The van der Waals surface area contributed by atoms with E-state index in [2.05, 4.69) is 10.2 Å². The van der Waals surface area contributed by atoms with E-state index in [1.807, 2.05) is 60.4 Å². The maximum absolute atomic E-state index is 12.2. The Morgan fingerprint density at radius 2 is 2.00 bits per heavy atom. The van der Waals surface area contributed by atoms with E-state index >= 15 is 0 Å². The van der Waals surface area contributed by atoms with Crippen molar-refractivity contribution >= 4 is 28.5 Å². The minimum atomic E-state index is -0.441. The number of carbonyl (C=O) groups excluding carboxylic acids is 1. The standard InChI is InChI=1S/C21H19ClN4O2/c1-3-28-21(27)18-11-20(14-8-9-19-16(10-14)12-23-25(19)2)26(24-18)13-15-6-4-5-7-17(15)22/h4-12H,3,13H2,1-2H3. The van der Waals surface area contributed by atoms with E-state index in [0.29, 0.717) is 18.2 Å². The number of esters is 1. The number of rotatable bonds is 5. The van der Waals surface area contributed by atoms with Crippen LogP contribution in [0.2, 0.25) is 5.02 Å². The van der Waals surface area contributed by atoms with Gasteiger partial charge in [0, 0.05) is 23.0 Å². The van der Waals surface area contributed by atoms with Gasteiger partial charge in [0.25, 0.3) is 0 Å². The van der Waals surface area contributed by atoms with E-state index < -0.39 is 5.97 Å². The Hall–Kier alpha value is -3.12. The lowest BCUT2D eigenvalue weighted by Gasteiger charge is -2.09. The van der Waals surface area contributed by atoms with Crippen molar-refractivity contribution in [1.29, 1.82) is 0 Å². The summed E-state index contributed by atoms with van der Waals surface area (Å²) < 4.78 is 8.73. The van der Waals surface area contributed by atoms with Gasteiger partial charge < -0.3 is 4.74 Å². The van der Waals surface area contributed by atoms with Gasteiger partial charge in [-0.05, 0) is 36.8 Å². The molecule has 2 heterocycles. The van der Waals surface area contributed by atoms with Gasteiger partial charge in [0.1, 0.15) is 0 Å². The number of ether oxygens (including phenoxy) is 1. The number of hydrogen-bond acceptors (Lipinski definition) is 4. The van der Waals surface area contributed by atoms with Crippen LogP contribution in [0.5, 0.6) is 0 Å². The highest BCUT2D eigenvalue weighted by Crippen LogP contribution is 2.27. The van der Waals surface area contributed by atoms with Gasteiger partial charge in [-0.15, -0.1) is 0 Å². The highest BCUT2D eigenvalue weighted by Gasteiger charge is 2.18. The van der Waals surface area contributed by atoms with E-state index in [-0.39, 0.29) is 5.69 Å². The molecule has 2 aromatic heterocycles. The molecule has 0 bridgehead atoms. The lowest BCUT2D eigenvalue weighted by molar-refractivity contribution is 0.0518. The summed E-state index contributed by atoms with van der Waals surface area (Å²) in [6, 6.07) is 15.4. The number of aryl methyl sites for hydroxylation is 1. The van der Waals surface area contributed by atoms with Crippen molar-refractivity contribution in [3.8, 4) is 11.3 Å². The molecule has 0 spiro atoms. The summed E-state index contributed by atoms with van der Waals surface area (Å²) in [7, 11) is 1.91. The molecule has 0 fully saturated rings. The summed E-state index contributed by atoms with van der Waals surface area (Å²) >= 11 is 6.33. The van der Waals surface area contributed by atoms with Crippen LogP contribution in [-0.2, 0) is 18.3 Å². The van der Waals surface area contributed by atoms with E-state index in [4.69, 9.17) is 16.3 Å². The lowest BCUT2D eigenvalue weighted by Crippen LogP contribution is -2.08. The number of aromatic nitrogens is 4. The van der Waals surface area contributed by atoms with Crippen molar-refractivity contribution in [3.63, 3.8) is 0 Å². The average molecular weight is 395 g/mol. The first-order chi connectivity index (χ1) is 13.6. The third-order valence-electron chi connectivity index (χ3n) is 4.58. The van der Waals surface area contributed by atoms with Crippen LogP contribution in [0, 0.1) is 0 Å². The minimum absolute atomic E-state index is 0.273. The van der Waals surface area contributed by atoms with Gasteiger partial charge in [-0.25, -0.2) is 4.79 Å². The maximum Gasteiger partial charge on any atom is 0.358 e. The molecule has 7 heteroatoms. The largest absolute Gasteiger partial charge is 0.461 e. The molecule has 6 nitrogen and oxygen atoms in total. The normalized spacial score (nSPS) is 11.1. The molecule has 0 aliphatic rings. The Kier molecular flexibility index (Phi) is 4.88. The summed E-state index contributed by atoms with van der Waals surface area (Å²) in [6.45, 7) is 2.52. The molecule has 0 radical (unpaired) electrons. The van der Waals surface area contributed by atoms with Crippen LogP contribution >= 0.6 is 11.6 Å². The molecule has 4 aromatic rings. The SMILES string of the molecule is CCOC(=O)c1cc(-c2ccc3c(cnn3C)c2)n(Cc2ccccc2Cl)n1. The van der Waals surface area contributed by atoms with Crippen molar-refractivity contribution < 1.29 is 9.53 Å². The fourth-order valence-electron chi connectivity index (χ4n) is 3.19. The molecule has 0 aliphatic carbocycles. The quantitative estimate of drug-likeness (QED) is 0.473. The Morgan fingerprint density at radius 1 is 1.18 bits per heavy atom. The number of fused-ring (bicyclic) bond motifs is 1. The smallest absolute Gasteiger partial charge is 0.358 e. The van der Waals surface area contributed by atoms with Crippen molar-refractivity contribution in [2.24, 2.45) is 7.05 Å². The third kappa shape index (κ3) is 3.39. The van der Waals surface area contributed by atoms with Gasteiger partial charge in [-0.2, -0.15) is 10.2 Å². The Balaban J connectivity index is 1.81. The Morgan fingerprint density at radius 3 is 2.79 bits per heavy atom. The number of nitrogens with zero attached hydrogens (tertiary/aromatic N) is 4. The van der Waals surface area contributed by atoms with Gasteiger partial charge in [-0.3, -0.25) is 9.36 Å². The van der Waals surface area contributed by atoms with Crippen LogP contribution in [0.1, 0.15) is 23.0 Å². The number of benzene rings is 2. The fourth-order valence-corrected chi connectivity index (χ4v) is 3.38. The zero-order valence-corrected chi connectivity index (χ0v) is 16.3. The van der Waals surface area contributed by atoms with Gasteiger partial charge >= 0.3 is 5.97 Å². The van der Waals surface area contributed by atoms with Crippen molar-refractivity contribution in [2.45, 2.75) is 13.5 Å². The second-order valence-electron chi connectivity index (χ2n) is 6.43. The second-order valence-corrected chi connectivity index (χ2v) is 6.83. The molecule has 0 N–H and O–H groups in total. The van der Waals surface area contributed by atoms with E-state index in [0.717, 1.165) is 27.7 Å². The summed E-state index contributed by atoms with van der Waals surface area (Å²) in [5.74, 6) is -0.441. The van der Waals surface area contributed by atoms with Crippen molar-refractivity contribution in [3.05, 3.63) is 71.0 Å². The molecule has 0 saturated heterocycles. The molecule has 142 valence electrons. The lowest BCUT2D eigenvalue weighted by atomic mass is 10.1. The number of halogens is 1. The van der Waals surface area contributed by atoms with Gasteiger partial charge in [0.15, 0.2) is 5.69 Å². The first-order valence-corrected chi connectivity index (χ1v) is 9.35. The van der Waals surface area contributed by atoms with Gasteiger partial charge in [0.05, 0.1) is 30.6 Å². The molecule has 2 aromatic carbocycles. The van der Waals surface area contributed by atoms with Crippen molar-refractivity contribution in [2.75, 3.05) is 6.61 Å². The summed E-state index contributed by atoms with van der Waals surface area (Å²) in [6.07, 6.45) is 1.82. The predicted octanol–water partition coefficient (Wildman–Crippen LogP) is 4.32. The van der Waals surface area contributed by atoms with Crippen LogP contribution < -0.4 is 0 Å². The van der Waals surface area contributed by atoms with Crippen LogP contribution in [0.4, 0.5) is 0 Å². The average Bonchev–Trinajstić information content (AvgIpc) is 3.28. The van der Waals surface area contributed by atoms with E-state index in [1.54, 1.807) is 17.7 Å². The van der Waals surface area contributed by atoms with Crippen LogP contribution in [0.3, 0.4) is 0 Å². The monoisotopic (exact) mass is 394 g/mol. The first-order valence-electron chi connectivity index (χ1n) is 8.97. The fraction of sp³-hybridized carbons (Fsp3) is 0.190. The number of carbonyl (C=O) groups is 1. The Bertz CT molecular complexity index is 1160. The summed E-state index contributed by atoms with van der Waals surface area (Å²) in [4.78, 5) is 12.2. The Labute approximate surface area is 167 Å².